The summed E-state index contributed by atoms with van der Waals surface area (Å²) in [6.45, 7) is 10.7. The highest BCUT2D eigenvalue weighted by molar-refractivity contribution is 9.09. The Morgan fingerprint density at radius 3 is 1.90 bits per heavy atom. The largest absolute Gasteiger partial charge is 0.0840 e. The maximum absolute atomic E-state index is 6.20. The van der Waals surface area contributed by atoms with E-state index in [4.69, 9.17) is 11.6 Å². The molecule has 0 N–H and O–H groups in total. The quantitative estimate of drug-likeness (QED) is 0.552. The van der Waals surface area contributed by atoms with Crippen molar-refractivity contribution in [3.05, 3.63) is 68.2 Å². The molecule has 0 radical (unpaired) electrons. The molecular formula is C18H20BrCl. The van der Waals surface area contributed by atoms with Crippen molar-refractivity contribution in [2.24, 2.45) is 0 Å². The average Bonchev–Trinajstić information content (AvgIpc) is 2.32. The molecule has 0 saturated carbocycles. The van der Waals surface area contributed by atoms with E-state index in [0.717, 1.165) is 10.6 Å². The monoisotopic (exact) mass is 350 g/mol. The number of alkyl halides is 1. The van der Waals surface area contributed by atoms with Gasteiger partial charge >= 0.3 is 0 Å². The fraction of sp³-hybridized carbons (Fsp3) is 0.333. The smallest absolute Gasteiger partial charge is 0.0652 e. The molecule has 0 amide bonds. The Bertz CT molecular complexity index is 636. The predicted octanol–water partition coefficient (Wildman–Crippen LogP) is 6.37. The van der Waals surface area contributed by atoms with Crippen molar-refractivity contribution >= 4 is 27.5 Å². The molecule has 0 aliphatic rings. The molecule has 2 aromatic rings. The zero-order chi connectivity index (χ0) is 15.0. The first-order valence-electron chi connectivity index (χ1n) is 6.79. The molecule has 2 heteroatoms. The first-order chi connectivity index (χ1) is 9.31. The molecule has 0 heterocycles. The van der Waals surface area contributed by atoms with Crippen LogP contribution in [0.4, 0.5) is 0 Å². The van der Waals surface area contributed by atoms with E-state index in [2.05, 4.69) is 74.8 Å². The lowest BCUT2D eigenvalue weighted by Crippen LogP contribution is -2.02. The van der Waals surface area contributed by atoms with Crippen LogP contribution in [-0.2, 0) is 0 Å². The second-order valence-electron chi connectivity index (χ2n) is 5.63. The van der Waals surface area contributed by atoms with Gasteiger partial charge in [-0.3, -0.25) is 0 Å². The summed E-state index contributed by atoms with van der Waals surface area (Å²) in [7, 11) is 0. The van der Waals surface area contributed by atoms with Gasteiger partial charge < -0.3 is 0 Å². The predicted molar refractivity (Wildman–Crippen MR) is 92.3 cm³/mol. The Morgan fingerprint density at radius 2 is 1.35 bits per heavy atom. The highest BCUT2D eigenvalue weighted by atomic mass is 79.9. The molecule has 1 unspecified atom stereocenters. The molecule has 106 valence electrons. The summed E-state index contributed by atoms with van der Waals surface area (Å²) in [5.41, 5.74) is 8.98. The molecule has 0 aliphatic heterocycles. The van der Waals surface area contributed by atoms with Gasteiger partial charge in [0.1, 0.15) is 0 Å². The third kappa shape index (κ3) is 2.94. The van der Waals surface area contributed by atoms with Gasteiger partial charge in [-0.05, 0) is 74.1 Å². The minimum Gasteiger partial charge on any atom is -0.0840 e. The molecule has 0 aliphatic carbocycles. The first-order valence-corrected chi connectivity index (χ1v) is 8.09. The standard InChI is InChI=1S/C18H20BrCl/c1-10-6-13(4)17(14(5)7-10)18(19)15-8-12(3)16(20)9-11(15)2/h6-9,18H,1-5H3. The average molecular weight is 352 g/mol. The number of aryl methyl sites for hydroxylation is 5. The van der Waals surface area contributed by atoms with Gasteiger partial charge in [0.15, 0.2) is 0 Å². The van der Waals surface area contributed by atoms with Crippen molar-refractivity contribution in [1.82, 2.24) is 0 Å². The van der Waals surface area contributed by atoms with Gasteiger partial charge in [0.05, 0.1) is 4.83 Å². The molecule has 20 heavy (non-hydrogen) atoms. The molecular weight excluding hydrogens is 332 g/mol. The van der Waals surface area contributed by atoms with Gasteiger partial charge in [-0.15, -0.1) is 0 Å². The number of halogens is 2. The maximum atomic E-state index is 6.20. The van der Waals surface area contributed by atoms with E-state index in [9.17, 15) is 0 Å². The number of benzene rings is 2. The summed E-state index contributed by atoms with van der Waals surface area (Å²) in [4.78, 5) is 0.207. The van der Waals surface area contributed by atoms with Gasteiger partial charge in [0.25, 0.3) is 0 Å². The zero-order valence-corrected chi connectivity index (χ0v) is 15.0. The first kappa shape index (κ1) is 15.6. The number of rotatable bonds is 2. The molecule has 0 saturated heterocycles. The third-order valence-electron chi connectivity index (χ3n) is 3.81. The van der Waals surface area contributed by atoms with E-state index < -0.39 is 0 Å². The van der Waals surface area contributed by atoms with Crippen molar-refractivity contribution in [2.75, 3.05) is 0 Å². The van der Waals surface area contributed by atoms with Crippen molar-refractivity contribution in [3.8, 4) is 0 Å². The van der Waals surface area contributed by atoms with Gasteiger partial charge in [-0.2, -0.15) is 0 Å². The minimum absolute atomic E-state index is 0.207. The van der Waals surface area contributed by atoms with E-state index in [1.165, 1.54) is 33.4 Å². The molecule has 0 fully saturated rings. The van der Waals surface area contributed by atoms with Crippen LogP contribution in [0.1, 0.15) is 43.8 Å². The van der Waals surface area contributed by atoms with E-state index >= 15 is 0 Å². The summed E-state index contributed by atoms with van der Waals surface area (Å²) in [5.74, 6) is 0. The molecule has 2 aromatic carbocycles. The van der Waals surface area contributed by atoms with Crippen LogP contribution in [0.2, 0.25) is 5.02 Å². The van der Waals surface area contributed by atoms with Crippen molar-refractivity contribution < 1.29 is 0 Å². The second kappa shape index (κ2) is 5.91. The molecule has 0 bridgehead atoms. The zero-order valence-electron chi connectivity index (χ0n) is 12.6. The SMILES string of the molecule is Cc1cc(C)c(C(Br)c2cc(C)c(Cl)cc2C)c(C)c1. The van der Waals surface area contributed by atoms with Crippen LogP contribution in [0.5, 0.6) is 0 Å². The maximum Gasteiger partial charge on any atom is 0.0652 e. The van der Waals surface area contributed by atoms with Crippen LogP contribution in [0.25, 0.3) is 0 Å². The molecule has 0 nitrogen and oxygen atoms in total. The second-order valence-corrected chi connectivity index (χ2v) is 6.96. The highest BCUT2D eigenvalue weighted by Gasteiger charge is 2.18. The fourth-order valence-corrected chi connectivity index (χ4v) is 4.26. The van der Waals surface area contributed by atoms with Crippen LogP contribution < -0.4 is 0 Å². The van der Waals surface area contributed by atoms with E-state index in [-0.39, 0.29) is 4.83 Å². The minimum atomic E-state index is 0.207. The van der Waals surface area contributed by atoms with Gasteiger partial charge in [-0.1, -0.05) is 51.3 Å². The Morgan fingerprint density at radius 1 is 0.800 bits per heavy atom. The molecule has 2 rings (SSSR count). The van der Waals surface area contributed by atoms with Crippen LogP contribution >= 0.6 is 27.5 Å². The Kier molecular flexibility index (Phi) is 4.61. The van der Waals surface area contributed by atoms with Gasteiger partial charge in [-0.25, -0.2) is 0 Å². The van der Waals surface area contributed by atoms with Gasteiger partial charge in [0, 0.05) is 5.02 Å². The molecule has 1 atom stereocenters. The van der Waals surface area contributed by atoms with Crippen LogP contribution in [0, 0.1) is 34.6 Å². The summed E-state index contributed by atoms with van der Waals surface area (Å²) in [6.07, 6.45) is 0. The summed E-state index contributed by atoms with van der Waals surface area (Å²) in [5, 5.41) is 0.836. The number of hydrogen-bond donors (Lipinski definition) is 0. The van der Waals surface area contributed by atoms with E-state index in [1.54, 1.807) is 0 Å². The van der Waals surface area contributed by atoms with Crippen LogP contribution in [0.3, 0.4) is 0 Å². The van der Waals surface area contributed by atoms with Crippen molar-refractivity contribution in [2.45, 2.75) is 39.4 Å². The summed E-state index contributed by atoms with van der Waals surface area (Å²) >= 11 is 10.1. The molecule has 0 spiro atoms. The highest BCUT2D eigenvalue weighted by Crippen LogP contribution is 2.38. The normalized spacial score (nSPS) is 12.6. The van der Waals surface area contributed by atoms with E-state index in [1.807, 2.05) is 0 Å². The summed E-state index contributed by atoms with van der Waals surface area (Å²) < 4.78 is 0. The van der Waals surface area contributed by atoms with Crippen molar-refractivity contribution in [3.63, 3.8) is 0 Å². The Labute approximate surface area is 135 Å². The van der Waals surface area contributed by atoms with Crippen molar-refractivity contribution in [1.29, 1.82) is 0 Å². The third-order valence-corrected chi connectivity index (χ3v) is 5.17. The topological polar surface area (TPSA) is 0 Å². The van der Waals surface area contributed by atoms with E-state index in [0.29, 0.717) is 0 Å². The molecule has 0 aromatic heterocycles. The van der Waals surface area contributed by atoms with Crippen LogP contribution in [-0.4, -0.2) is 0 Å². The lowest BCUT2D eigenvalue weighted by Gasteiger charge is -2.20. The Hall–Kier alpha value is -0.790. The number of hydrogen-bond acceptors (Lipinski definition) is 0. The summed E-state index contributed by atoms with van der Waals surface area (Å²) in [6, 6.07) is 8.73. The Balaban J connectivity index is 2.57. The van der Waals surface area contributed by atoms with Gasteiger partial charge in [0.2, 0.25) is 0 Å². The lowest BCUT2D eigenvalue weighted by atomic mass is 9.91. The van der Waals surface area contributed by atoms with Crippen LogP contribution in [0.15, 0.2) is 24.3 Å². The fourth-order valence-electron chi connectivity index (χ4n) is 2.82. The lowest BCUT2D eigenvalue weighted by molar-refractivity contribution is 1.08.